The molecule has 1 nitrogen and oxygen atoms in total. The zero-order valence-electron chi connectivity index (χ0n) is 5.77. The molecule has 0 N–H and O–H groups in total. The first-order chi connectivity index (χ1) is 3.93. The third kappa shape index (κ3) is 6.86. The van der Waals surface area contributed by atoms with Gasteiger partial charge >= 0.3 is 0 Å². The van der Waals surface area contributed by atoms with Crippen molar-refractivity contribution in [1.82, 2.24) is 4.98 Å². The molecule has 0 saturated carbocycles. The molecule has 1 rings (SSSR count). The van der Waals surface area contributed by atoms with E-state index >= 15 is 0 Å². The lowest BCUT2D eigenvalue weighted by Crippen LogP contribution is -1.69. The van der Waals surface area contributed by atoms with Crippen LogP contribution >= 0.6 is 0 Å². The Bertz CT molecular complexity index is 181. The highest BCUT2D eigenvalue weighted by Gasteiger charge is 1.76. The fourth-order valence-electron chi connectivity index (χ4n) is 0.500. The maximum atomic E-state index is 3.85. The Morgan fingerprint density at radius 2 is 1.50 bits per heavy atom. The molecular formula is C7H13BF3N. The van der Waals surface area contributed by atoms with Gasteiger partial charge in [0.1, 0.15) is 0 Å². The van der Waals surface area contributed by atoms with Crippen LogP contribution in [0.2, 0.25) is 0 Å². The van der Waals surface area contributed by atoms with Gasteiger partial charge in [-0.25, -0.2) is 0 Å². The number of aromatic nitrogens is 1. The fourth-order valence-corrected chi connectivity index (χ4v) is 0.500. The Balaban J connectivity index is -0.0000000800. The minimum Gasteiger partial charge on any atom is -0.269 e. The van der Waals surface area contributed by atoms with Crippen molar-refractivity contribution in [2.75, 3.05) is 0 Å². The number of halogens is 3. The van der Waals surface area contributed by atoms with Gasteiger partial charge in [0.25, 0.3) is 0 Å². The molecule has 0 spiro atoms. The van der Waals surface area contributed by atoms with Crippen LogP contribution in [0.15, 0.2) is 31.1 Å². The van der Waals surface area contributed by atoms with Crippen LogP contribution in [0.1, 0.15) is 5.56 Å². The molecule has 0 unspecified atom stereocenters. The van der Waals surface area contributed by atoms with Gasteiger partial charge in [-0.15, -0.1) is 0 Å². The molecule has 0 saturated heterocycles. The standard InChI is InChI=1S/C7H7N.BH3.3FH/c1-2-7-3-5-8-6-4-7;;;;/h2-6H,1H2;1H3;3*1H. The van der Waals surface area contributed by atoms with Gasteiger partial charge in [0.2, 0.25) is 0 Å². The van der Waals surface area contributed by atoms with Gasteiger partial charge in [0, 0.05) is 12.4 Å². The summed E-state index contributed by atoms with van der Waals surface area (Å²) < 4.78 is 0. The molecule has 0 atom stereocenters. The summed E-state index contributed by atoms with van der Waals surface area (Å²) in [4.78, 5) is 3.85. The predicted molar refractivity (Wildman–Crippen MR) is 51.8 cm³/mol. The summed E-state index contributed by atoms with van der Waals surface area (Å²) in [5.74, 6) is 0. The zero-order chi connectivity index (χ0) is 5.82. The monoisotopic (exact) mass is 179 g/mol. The lowest BCUT2D eigenvalue weighted by molar-refractivity contribution is 1.11. The summed E-state index contributed by atoms with van der Waals surface area (Å²) in [5.41, 5.74) is 1.11. The van der Waals surface area contributed by atoms with E-state index in [4.69, 9.17) is 0 Å². The van der Waals surface area contributed by atoms with Crippen molar-refractivity contribution in [3.8, 4) is 0 Å². The first-order valence-electron chi connectivity index (χ1n) is 2.46. The maximum absolute atomic E-state index is 3.85. The fraction of sp³-hybridized carbons (Fsp3) is 0. The van der Waals surface area contributed by atoms with E-state index in [0.29, 0.717) is 0 Å². The molecule has 0 aliphatic carbocycles. The molecule has 0 amide bonds. The molecule has 0 aliphatic rings. The Morgan fingerprint density at radius 3 is 1.75 bits per heavy atom. The number of hydrogen-bond acceptors (Lipinski definition) is 1. The topological polar surface area (TPSA) is 12.9 Å². The second-order valence-corrected chi connectivity index (χ2v) is 1.48. The van der Waals surface area contributed by atoms with Crippen LogP contribution < -0.4 is 0 Å². The molecule has 0 bridgehead atoms. The first-order valence-corrected chi connectivity index (χ1v) is 2.46. The molecule has 5 heteroatoms. The summed E-state index contributed by atoms with van der Waals surface area (Å²) in [6.45, 7) is 3.60. The van der Waals surface area contributed by atoms with E-state index in [0.717, 1.165) is 5.56 Å². The number of nitrogens with zero attached hydrogens (tertiary/aromatic N) is 1. The maximum Gasteiger partial charge on any atom is 0.0814 e. The smallest absolute Gasteiger partial charge is 0.0814 e. The predicted octanol–water partition coefficient (Wildman–Crippen LogP) is 0.998. The SMILES string of the molecule is B.C=Cc1ccncc1.F.F.F. The third-order valence-electron chi connectivity index (χ3n) is 0.942. The van der Waals surface area contributed by atoms with Crippen molar-refractivity contribution in [3.05, 3.63) is 36.7 Å². The van der Waals surface area contributed by atoms with Crippen LogP contribution in [0.4, 0.5) is 14.1 Å². The molecule has 0 aromatic carbocycles. The van der Waals surface area contributed by atoms with E-state index in [1.54, 1.807) is 18.5 Å². The molecule has 1 aromatic heterocycles. The second kappa shape index (κ2) is 12.4. The lowest BCUT2D eigenvalue weighted by atomic mass is 10.3. The van der Waals surface area contributed by atoms with Crippen molar-refractivity contribution >= 4 is 14.5 Å². The Labute approximate surface area is 71.2 Å². The van der Waals surface area contributed by atoms with Crippen molar-refractivity contribution in [3.63, 3.8) is 0 Å². The van der Waals surface area contributed by atoms with Crippen LogP contribution in [-0.4, -0.2) is 13.4 Å². The molecule has 0 fully saturated rings. The van der Waals surface area contributed by atoms with Crippen molar-refractivity contribution < 1.29 is 14.1 Å². The van der Waals surface area contributed by atoms with Crippen molar-refractivity contribution in [2.45, 2.75) is 0 Å². The summed E-state index contributed by atoms with van der Waals surface area (Å²) in [7, 11) is 0. The minimum absolute atomic E-state index is 0. The van der Waals surface area contributed by atoms with Gasteiger partial charge in [-0.05, 0) is 17.7 Å². The highest BCUT2D eigenvalue weighted by Crippen LogP contribution is 1.94. The Kier molecular flexibility index (Phi) is 23.2. The Morgan fingerprint density at radius 1 is 1.08 bits per heavy atom. The number of hydrogen-bond donors (Lipinski definition) is 0. The minimum atomic E-state index is 0. The molecule has 1 aromatic rings. The Hall–Kier alpha value is -1.26. The summed E-state index contributed by atoms with van der Waals surface area (Å²) in [6.07, 6.45) is 5.29. The number of rotatable bonds is 1. The average Bonchev–Trinajstić information content (AvgIpc) is 1.90. The van der Waals surface area contributed by atoms with E-state index in [1.165, 1.54) is 0 Å². The van der Waals surface area contributed by atoms with Gasteiger partial charge in [-0.2, -0.15) is 0 Å². The normalized spacial score (nSPS) is 5.67. The van der Waals surface area contributed by atoms with Crippen molar-refractivity contribution in [2.24, 2.45) is 0 Å². The van der Waals surface area contributed by atoms with Crippen LogP contribution in [0, 0.1) is 0 Å². The summed E-state index contributed by atoms with van der Waals surface area (Å²) in [5, 5.41) is 0. The van der Waals surface area contributed by atoms with Crippen LogP contribution in [0.5, 0.6) is 0 Å². The first kappa shape index (κ1) is 22.4. The summed E-state index contributed by atoms with van der Waals surface area (Å²) in [6, 6.07) is 3.82. The molecular weight excluding hydrogens is 166 g/mol. The van der Waals surface area contributed by atoms with E-state index in [1.807, 2.05) is 12.1 Å². The molecule has 12 heavy (non-hydrogen) atoms. The summed E-state index contributed by atoms with van der Waals surface area (Å²) >= 11 is 0. The van der Waals surface area contributed by atoms with Crippen molar-refractivity contribution in [1.29, 1.82) is 0 Å². The largest absolute Gasteiger partial charge is 0.269 e. The van der Waals surface area contributed by atoms with Gasteiger partial charge < -0.3 is 0 Å². The molecule has 0 aliphatic heterocycles. The van der Waals surface area contributed by atoms with E-state index in [-0.39, 0.29) is 22.5 Å². The highest BCUT2D eigenvalue weighted by molar-refractivity contribution is 5.75. The average molecular weight is 179 g/mol. The van der Waals surface area contributed by atoms with E-state index < -0.39 is 0 Å². The van der Waals surface area contributed by atoms with E-state index in [2.05, 4.69) is 11.6 Å². The van der Waals surface area contributed by atoms with Gasteiger partial charge in [0.15, 0.2) is 0 Å². The molecule has 1 heterocycles. The quantitative estimate of drug-likeness (QED) is 0.586. The van der Waals surface area contributed by atoms with Crippen LogP contribution in [0.3, 0.4) is 0 Å². The van der Waals surface area contributed by atoms with Gasteiger partial charge in [-0.3, -0.25) is 19.1 Å². The third-order valence-corrected chi connectivity index (χ3v) is 0.942. The van der Waals surface area contributed by atoms with Crippen LogP contribution in [-0.2, 0) is 0 Å². The van der Waals surface area contributed by atoms with Crippen LogP contribution in [0.25, 0.3) is 6.08 Å². The van der Waals surface area contributed by atoms with Gasteiger partial charge in [-0.1, -0.05) is 12.7 Å². The molecule has 70 valence electrons. The lowest BCUT2D eigenvalue weighted by Gasteiger charge is -1.84. The second-order valence-electron chi connectivity index (χ2n) is 1.48. The number of pyridine rings is 1. The molecule has 0 radical (unpaired) electrons. The van der Waals surface area contributed by atoms with E-state index in [9.17, 15) is 0 Å². The zero-order valence-corrected chi connectivity index (χ0v) is 5.77. The highest BCUT2D eigenvalue weighted by atomic mass is 19.0. The van der Waals surface area contributed by atoms with Gasteiger partial charge in [0.05, 0.1) is 8.41 Å².